The van der Waals surface area contributed by atoms with E-state index in [9.17, 15) is 4.79 Å². The number of H-pyrrole nitrogens is 1. The van der Waals surface area contributed by atoms with Crippen molar-refractivity contribution >= 4 is 5.91 Å². The molecule has 0 aliphatic rings. The first kappa shape index (κ1) is 15.9. The van der Waals surface area contributed by atoms with Crippen molar-refractivity contribution in [3.8, 4) is 5.69 Å². The van der Waals surface area contributed by atoms with Crippen LogP contribution in [-0.2, 0) is 6.54 Å². The van der Waals surface area contributed by atoms with Gasteiger partial charge in [0.25, 0.3) is 5.91 Å². The van der Waals surface area contributed by atoms with Crippen LogP contribution in [0.2, 0.25) is 0 Å². The molecule has 3 aromatic heterocycles. The van der Waals surface area contributed by atoms with E-state index in [1.807, 2.05) is 25.1 Å². The third kappa shape index (κ3) is 3.19. The molecule has 0 unspecified atom stereocenters. The monoisotopic (exact) mass is 324 g/mol. The Hall–Kier alpha value is -2.96. The van der Waals surface area contributed by atoms with Gasteiger partial charge in [0.15, 0.2) is 5.69 Å². The van der Waals surface area contributed by atoms with Crippen molar-refractivity contribution < 1.29 is 4.79 Å². The number of carbonyl (C=O) groups excluding carboxylic acids is 1. The molecule has 124 valence electrons. The Morgan fingerprint density at radius 3 is 2.71 bits per heavy atom. The first-order chi connectivity index (χ1) is 11.6. The lowest BCUT2D eigenvalue weighted by molar-refractivity contribution is 0.0945. The number of nitrogens with zero attached hydrogens (tertiary/aromatic N) is 4. The van der Waals surface area contributed by atoms with Crippen LogP contribution < -0.4 is 5.32 Å². The summed E-state index contributed by atoms with van der Waals surface area (Å²) in [6.07, 6.45) is 5.04. The molecule has 3 heterocycles. The van der Waals surface area contributed by atoms with Gasteiger partial charge in [0.2, 0.25) is 0 Å². The van der Waals surface area contributed by atoms with Gasteiger partial charge in [-0.3, -0.25) is 9.78 Å². The Kier molecular flexibility index (Phi) is 4.41. The number of pyridine rings is 1. The van der Waals surface area contributed by atoms with E-state index < -0.39 is 0 Å². The molecule has 0 bridgehead atoms. The van der Waals surface area contributed by atoms with E-state index in [2.05, 4.69) is 39.2 Å². The largest absolute Gasteiger partial charge is 0.348 e. The molecule has 0 aliphatic heterocycles. The van der Waals surface area contributed by atoms with E-state index in [1.54, 1.807) is 23.4 Å². The van der Waals surface area contributed by atoms with Crippen molar-refractivity contribution in [1.82, 2.24) is 30.0 Å². The summed E-state index contributed by atoms with van der Waals surface area (Å²) in [5.74, 6) is 0.0212. The zero-order valence-electron chi connectivity index (χ0n) is 13.9. The zero-order chi connectivity index (χ0) is 17.1. The molecule has 3 rings (SSSR count). The predicted octanol–water partition coefficient (Wildman–Crippen LogP) is 2.35. The lowest BCUT2D eigenvalue weighted by Gasteiger charge is -2.09. The van der Waals surface area contributed by atoms with Crippen LogP contribution >= 0.6 is 0 Å². The van der Waals surface area contributed by atoms with Gasteiger partial charge in [-0.05, 0) is 31.0 Å². The van der Waals surface area contributed by atoms with Crippen LogP contribution in [0.1, 0.15) is 47.3 Å². The SMILES string of the molecule is Cc1[nH]cnc1CNC(=O)c1cc(C(C)C)n(-c2ccncc2)n1. The average Bonchev–Trinajstić information content (AvgIpc) is 3.20. The number of rotatable bonds is 5. The number of hydrogen-bond donors (Lipinski definition) is 2. The molecular weight excluding hydrogens is 304 g/mol. The Labute approximate surface area is 140 Å². The van der Waals surface area contributed by atoms with Gasteiger partial charge < -0.3 is 10.3 Å². The van der Waals surface area contributed by atoms with Crippen LogP contribution in [0, 0.1) is 6.92 Å². The Morgan fingerprint density at radius 2 is 2.08 bits per heavy atom. The zero-order valence-corrected chi connectivity index (χ0v) is 13.9. The van der Waals surface area contributed by atoms with Crippen molar-refractivity contribution in [2.24, 2.45) is 0 Å². The maximum atomic E-state index is 12.4. The molecular formula is C17H20N6O. The third-order valence-electron chi connectivity index (χ3n) is 3.82. The van der Waals surface area contributed by atoms with E-state index >= 15 is 0 Å². The normalized spacial score (nSPS) is 11.0. The minimum atomic E-state index is -0.216. The van der Waals surface area contributed by atoms with E-state index in [1.165, 1.54) is 0 Å². The van der Waals surface area contributed by atoms with Gasteiger partial charge in [0.05, 0.1) is 24.3 Å². The molecule has 24 heavy (non-hydrogen) atoms. The summed E-state index contributed by atoms with van der Waals surface area (Å²) in [5.41, 5.74) is 4.02. The summed E-state index contributed by atoms with van der Waals surface area (Å²) in [6, 6.07) is 5.57. The molecule has 2 N–H and O–H groups in total. The van der Waals surface area contributed by atoms with Gasteiger partial charge in [-0.2, -0.15) is 5.10 Å². The van der Waals surface area contributed by atoms with Crippen molar-refractivity contribution in [1.29, 1.82) is 0 Å². The first-order valence-electron chi connectivity index (χ1n) is 7.83. The Morgan fingerprint density at radius 1 is 1.33 bits per heavy atom. The van der Waals surface area contributed by atoms with E-state index in [0.717, 1.165) is 22.8 Å². The molecule has 3 aromatic rings. The average molecular weight is 324 g/mol. The van der Waals surface area contributed by atoms with Crippen LogP contribution in [0.5, 0.6) is 0 Å². The quantitative estimate of drug-likeness (QED) is 0.754. The number of nitrogens with one attached hydrogen (secondary N) is 2. The van der Waals surface area contributed by atoms with E-state index in [-0.39, 0.29) is 11.8 Å². The fourth-order valence-corrected chi connectivity index (χ4v) is 2.43. The minimum Gasteiger partial charge on any atom is -0.348 e. The number of hydrogen-bond acceptors (Lipinski definition) is 4. The van der Waals surface area contributed by atoms with Crippen molar-refractivity contribution in [3.63, 3.8) is 0 Å². The summed E-state index contributed by atoms with van der Waals surface area (Å²) in [4.78, 5) is 23.6. The highest BCUT2D eigenvalue weighted by Gasteiger charge is 2.17. The molecule has 0 saturated heterocycles. The molecule has 0 aliphatic carbocycles. The smallest absolute Gasteiger partial charge is 0.272 e. The van der Waals surface area contributed by atoms with Crippen LogP contribution in [0.15, 0.2) is 36.9 Å². The summed E-state index contributed by atoms with van der Waals surface area (Å²) in [7, 11) is 0. The topological polar surface area (TPSA) is 88.5 Å². The van der Waals surface area contributed by atoms with Gasteiger partial charge in [-0.1, -0.05) is 13.8 Å². The molecule has 0 aromatic carbocycles. The molecule has 0 radical (unpaired) electrons. The van der Waals surface area contributed by atoms with Crippen LogP contribution in [0.3, 0.4) is 0 Å². The maximum Gasteiger partial charge on any atom is 0.272 e. The number of amides is 1. The Bertz CT molecular complexity index is 834. The molecule has 0 spiro atoms. The second-order valence-corrected chi connectivity index (χ2v) is 5.88. The highest BCUT2D eigenvalue weighted by molar-refractivity contribution is 5.92. The molecule has 1 amide bonds. The fraction of sp³-hybridized carbons (Fsp3) is 0.294. The maximum absolute atomic E-state index is 12.4. The summed E-state index contributed by atoms with van der Waals surface area (Å²) in [6.45, 7) is 6.43. The minimum absolute atomic E-state index is 0.216. The number of aromatic nitrogens is 5. The van der Waals surface area contributed by atoms with E-state index in [0.29, 0.717) is 12.2 Å². The van der Waals surface area contributed by atoms with Gasteiger partial charge in [-0.25, -0.2) is 9.67 Å². The third-order valence-corrected chi connectivity index (χ3v) is 3.82. The van der Waals surface area contributed by atoms with Gasteiger partial charge in [0, 0.05) is 23.8 Å². The summed E-state index contributed by atoms with van der Waals surface area (Å²) >= 11 is 0. The van der Waals surface area contributed by atoms with Gasteiger partial charge in [0.1, 0.15) is 0 Å². The van der Waals surface area contributed by atoms with Crippen molar-refractivity contribution in [2.75, 3.05) is 0 Å². The number of imidazole rings is 1. The lowest BCUT2D eigenvalue weighted by Crippen LogP contribution is -2.24. The van der Waals surface area contributed by atoms with Crippen molar-refractivity contribution in [3.05, 3.63) is 59.7 Å². The van der Waals surface area contributed by atoms with Gasteiger partial charge >= 0.3 is 0 Å². The van der Waals surface area contributed by atoms with Crippen LogP contribution in [0.4, 0.5) is 0 Å². The number of aryl methyl sites for hydroxylation is 1. The predicted molar refractivity (Wildman–Crippen MR) is 89.9 cm³/mol. The van der Waals surface area contributed by atoms with Gasteiger partial charge in [-0.15, -0.1) is 0 Å². The van der Waals surface area contributed by atoms with Crippen LogP contribution in [0.25, 0.3) is 5.69 Å². The summed E-state index contributed by atoms with van der Waals surface area (Å²) < 4.78 is 1.79. The highest BCUT2D eigenvalue weighted by Crippen LogP contribution is 2.20. The highest BCUT2D eigenvalue weighted by atomic mass is 16.1. The lowest BCUT2D eigenvalue weighted by atomic mass is 10.1. The molecule has 0 atom stereocenters. The molecule has 7 heteroatoms. The van der Waals surface area contributed by atoms with Crippen molar-refractivity contribution in [2.45, 2.75) is 33.2 Å². The van der Waals surface area contributed by atoms with Crippen LogP contribution in [-0.4, -0.2) is 30.6 Å². The molecule has 0 fully saturated rings. The first-order valence-corrected chi connectivity index (χ1v) is 7.83. The fourth-order valence-electron chi connectivity index (χ4n) is 2.43. The molecule has 7 nitrogen and oxygen atoms in total. The summed E-state index contributed by atoms with van der Waals surface area (Å²) in [5, 5.41) is 7.34. The standard InChI is InChI=1S/C17H20N6O/c1-11(2)16-8-14(22-23(16)13-4-6-18-7-5-13)17(24)19-9-15-12(3)20-10-21-15/h4-8,10-11H,9H2,1-3H3,(H,19,24)(H,20,21). The second-order valence-electron chi connectivity index (χ2n) is 5.88. The number of aromatic amines is 1. The molecule has 0 saturated carbocycles. The number of carbonyl (C=O) groups is 1. The second kappa shape index (κ2) is 6.66. The Balaban J connectivity index is 1.83. The van der Waals surface area contributed by atoms with E-state index in [4.69, 9.17) is 0 Å².